The Morgan fingerprint density at radius 3 is 2.67 bits per heavy atom. The Balaban J connectivity index is 2.22. The van der Waals surface area contributed by atoms with Crippen molar-refractivity contribution in [3.63, 3.8) is 0 Å². The first-order valence-corrected chi connectivity index (χ1v) is 7.68. The van der Waals surface area contributed by atoms with Gasteiger partial charge in [0.25, 0.3) is 0 Å². The second-order valence-corrected chi connectivity index (χ2v) is 6.19. The first-order chi connectivity index (χ1) is 10.1. The minimum atomic E-state index is -0.277. The smallest absolute Gasteiger partial charge is 0.172 e. The van der Waals surface area contributed by atoms with Gasteiger partial charge in [-0.15, -0.1) is 11.3 Å². The number of fused-ring (bicyclic) bond motifs is 1. The molecular weight excluding hydrogens is 285 g/mol. The highest BCUT2D eigenvalue weighted by molar-refractivity contribution is 7.15. The van der Waals surface area contributed by atoms with E-state index in [0.717, 1.165) is 16.9 Å². The maximum absolute atomic E-state index is 13.5. The molecule has 0 bridgehead atoms. The van der Waals surface area contributed by atoms with E-state index in [1.54, 1.807) is 17.4 Å². The van der Waals surface area contributed by atoms with Crippen molar-refractivity contribution in [2.24, 2.45) is 0 Å². The van der Waals surface area contributed by atoms with Crippen molar-refractivity contribution in [1.29, 1.82) is 0 Å². The van der Waals surface area contributed by atoms with Gasteiger partial charge < -0.3 is 5.32 Å². The van der Waals surface area contributed by atoms with Crippen LogP contribution < -0.4 is 5.32 Å². The first kappa shape index (κ1) is 13.9. The summed E-state index contributed by atoms with van der Waals surface area (Å²) in [5.74, 6) is 1.09. The summed E-state index contributed by atoms with van der Waals surface area (Å²) in [6.45, 7) is 6.89. The van der Waals surface area contributed by atoms with Crippen LogP contribution in [0.25, 0.3) is 21.6 Å². The van der Waals surface area contributed by atoms with Crippen LogP contribution in [0.3, 0.4) is 0 Å². The summed E-state index contributed by atoms with van der Waals surface area (Å²) >= 11 is 1.68. The van der Waals surface area contributed by atoms with E-state index in [1.807, 2.05) is 6.92 Å². The molecule has 0 unspecified atom stereocenters. The minimum Gasteiger partial charge on any atom is -0.370 e. The maximum Gasteiger partial charge on any atom is 0.172 e. The van der Waals surface area contributed by atoms with Crippen molar-refractivity contribution >= 4 is 28.1 Å². The molecule has 0 saturated heterocycles. The van der Waals surface area contributed by atoms with E-state index in [9.17, 15) is 4.39 Å². The maximum atomic E-state index is 13.5. The normalized spacial score (nSPS) is 11.0. The Labute approximate surface area is 126 Å². The quantitative estimate of drug-likeness (QED) is 0.771. The van der Waals surface area contributed by atoms with Crippen molar-refractivity contribution in [2.75, 3.05) is 11.9 Å². The van der Waals surface area contributed by atoms with Crippen molar-refractivity contribution in [3.8, 4) is 10.7 Å². The van der Waals surface area contributed by atoms with E-state index in [2.05, 4.69) is 35.2 Å². The van der Waals surface area contributed by atoms with E-state index >= 15 is 0 Å². The van der Waals surface area contributed by atoms with Gasteiger partial charge in [0, 0.05) is 16.8 Å². The highest BCUT2D eigenvalue weighted by atomic mass is 32.1. The number of thiophene rings is 1. The summed E-state index contributed by atoms with van der Waals surface area (Å²) < 4.78 is 13.5. The van der Waals surface area contributed by atoms with Gasteiger partial charge in [0.05, 0.1) is 10.4 Å². The lowest BCUT2D eigenvalue weighted by molar-refractivity contribution is 0.629. The van der Waals surface area contributed by atoms with E-state index in [4.69, 9.17) is 0 Å². The van der Waals surface area contributed by atoms with Crippen LogP contribution in [-0.4, -0.2) is 16.5 Å². The Morgan fingerprint density at radius 1 is 1.19 bits per heavy atom. The molecule has 1 N–H and O–H groups in total. The number of aromatic nitrogens is 2. The summed E-state index contributed by atoms with van der Waals surface area (Å²) in [4.78, 5) is 11.5. The van der Waals surface area contributed by atoms with Crippen LogP contribution in [0.2, 0.25) is 0 Å². The number of hydrogen-bond acceptors (Lipinski definition) is 4. The van der Waals surface area contributed by atoms with Gasteiger partial charge in [-0.1, -0.05) is 0 Å². The van der Waals surface area contributed by atoms with Gasteiger partial charge in [0.15, 0.2) is 5.82 Å². The monoisotopic (exact) mass is 301 g/mol. The van der Waals surface area contributed by atoms with E-state index in [0.29, 0.717) is 17.0 Å². The van der Waals surface area contributed by atoms with Gasteiger partial charge >= 0.3 is 0 Å². The molecule has 2 aromatic heterocycles. The van der Waals surface area contributed by atoms with Crippen LogP contribution in [0, 0.1) is 19.7 Å². The van der Waals surface area contributed by atoms with E-state index < -0.39 is 0 Å². The Morgan fingerprint density at radius 2 is 2.00 bits per heavy atom. The molecule has 3 nitrogen and oxygen atoms in total. The fraction of sp³-hybridized carbons (Fsp3) is 0.250. The van der Waals surface area contributed by atoms with Crippen molar-refractivity contribution in [3.05, 3.63) is 40.5 Å². The topological polar surface area (TPSA) is 37.8 Å². The second-order valence-electron chi connectivity index (χ2n) is 4.94. The number of rotatable bonds is 3. The lowest BCUT2D eigenvalue weighted by atomic mass is 10.2. The minimum absolute atomic E-state index is 0.277. The molecule has 108 valence electrons. The molecule has 0 radical (unpaired) electrons. The molecule has 0 spiro atoms. The number of nitrogens with zero attached hydrogens (tertiary/aromatic N) is 2. The lowest BCUT2D eigenvalue weighted by Gasteiger charge is -2.08. The fourth-order valence-electron chi connectivity index (χ4n) is 2.20. The summed E-state index contributed by atoms with van der Waals surface area (Å²) in [5.41, 5.74) is 1.99. The number of anilines is 1. The largest absolute Gasteiger partial charge is 0.370 e. The summed E-state index contributed by atoms with van der Waals surface area (Å²) in [6.07, 6.45) is 0. The standard InChI is InChI=1S/C16H16FN3S/c1-4-18-15-12-8-11(17)5-6-13(12)19-16(20-15)14-7-9(2)10(3)21-14/h5-8H,4H2,1-3H3,(H,18,19,20). The van der Waals surface area contributed by atoms with Crippen molar-refractivity contribution < 1.29 is 4.39 Å². The summed E-state index contributed by atoms with van der Waals surface area (Å²) in [5, 5.41) is 3.91. The third-order valence-corrected chi connectivity index (χ3v) is 4.54. The fourth-order valence-corrected chi connectivity index (χ4v) is 3.16. The van der Waals surface area contributed by atoms with E-state index in [1.165, 1.54) is 22.6 Å². The van der Waals surface area contributed by atoms with Gasteiger partial charge in [-0.05, 0) is 50.6 Å². The van der Waals surface area contributed by atoms with Crippen molar-refractivity contribution in [1.82, 2.24) is 9.97 Å². The zero-order chi connectivity index (χ0) is 15.0. The van der Waals surface area contributed by atoms with Gasteiger partial charge in [0.1, 0.15) is 11.6 Å². The first-order valence-electron chi connectivity index (χ1n) is 6.87. The summed E-state index contributed by atoms with van der Waals surface area (Å²) in [7, 11) is 0. The number of aryl methyl sites for hydroxylation is 2. The zero-order valence-electron chi connectivity index (χ0n) is 12.2. The Hall–Kier alpha value is -2.01. The second kappa shape index (κ2) is 5.41. The molecule has 5 heteroatoms. The van der Waals surface area contributed by atoms with Crippen LogP contribution in [0.15, 0.2) is 24.3 Å². The van der Waals surface area contributed by atoms with Crippen LogP contribution in [-0.2, 0) is 0 Å². The molecule has 0 aliphatic rings. The van der Waals surface area contributed by atoms with Crippen LogP contribution in [0.1, 0.15) is 17.4 Å². The predicted molar refractivity (Wildman–Crippen MR) is 86.4 cm³/mol. The molecule has 1 aromatic carbocycles. The average Bonchev–Trinajstić information content (AvgIpc) is 2.79. The van der Waals surface area contributed by atoms with Gasteiger partial charge in [-0.2, -0.15) is 0 Å². The highest BCUT2D eigenvalue weighted by Crippen LogP contribution is 2.31. The SMILES string of the molecule is CCNc1nc(-c2cc(C)c(C)s2)nc2ccc(F)cc12. The van der Waals surface area contributed by atoms with Crippen LogP contribution in [0.4, 0.5) is 10.2 Å². The average molecular weight is 301 g/mol. The van der Waals surface area contributed by atoms with Crippen LogP contribution in [0.5, 0.6) is 0 Å². The van der Waals surface area contributed by atoms with Crippen molar-refractivity contribution in [2.45, 2.75) is 20.8 Å². The third kappa shape index (κ3) is 2.61. The molecule has 0 aliphatic carbocycles. The summed E-state index contributed by atoms with van der Waals surface area (Å²) in [6, 6.07) is 6.70. The van der Waals surface area contributed by atoms with E-state index in [-0.39, 0.29) is 5.82 Å². The molecule has 21 heavy (non-hydrogen) atoms. The molecule has 0 aliphatic heterocycles. The predicted octanol–water partition coefficient (Wildman–Crippen LogP) is 4.55. The molecule has 3 rings (SSSR count). The molecule has 0 amide bonds. The Bertz CT molecular complexity index is 791. The molecule has 0 saturated carbocycles. The number of nitrogens with one attached hydrogen (secondary N) is 1. The molecule has 2 heterocycles. The molecule has 0 atom stereocenters. The third-order valence-electron chi connectivity index (χ3n) is 3.39. The number of hydrogen-bond donors (Lipinski definition) is 1. The Kier molecular flexibility index (Phi) is 3.59. The van der Waals surface area contributed by atoms with Crippen LogP contribution >= 0.6 is 11.3 Å². The van der Waals surface area contributed by atoms with Gasteiger partial charge in [-0.25, -0.2) is 14.4 Å². The number of halogens is 1. The van der Waals surface area contributed by atoms with Gasteiger partial charge in [-0.3, -0.25) is 0 Å². The molecular formula is C16H16FN3S. The zero-order valence-corrected chi connectivity index (χ0v) is 13.0. The number of benzene rings is 1. The highest BCUT2D eigenvalue weighted by Gasteiger charge is 2.12. The molecule has 3 aromatic rings. The lowest BCUT2D eigenvalue weighted by Crippen LogP contribution is -2.02. The van der Waals surface area contributed by atoms with Gasteiger partial charge in [0.2, 0.25) is 0 Å². The molecule has 0 fully saturated rings.